The van der Waals surface area contributed by atoms with Crippen molar-refractivity contribution < 1.29 is 4.74 Å². The van der Waals surface area contributed by atoms with E-state index in [1.807, 2.05) is 56.3 Å². The van der Waals surface area contributed by atoms with Gasteiger partial charge in [0.15, 0.2) is 0 Å². The number of methoxy groups -OCH3 is 1. The third kappa shape index (κ3) is 3.79. The first-order valence-electron chi connectivity index (χ1n) is 10.1. The molecule has 32 heavy (non-hydrogen) atoms. The Bertz CT molecular complexity index is 1360. The van der Waals surface area contributed by atoms with E-state index in [4.69, 9.17) is 4.74 Å². The lowest BCUT2D eigenvalue weighted by atomic mass is 9.86. The maximum atomic E-state index is 12.9. The second kappa shape index (κ2) is 8.16. The number of ether oxygens (including phenoxy) is 1. The Labute approximate surface area is 186 Å². The van der Waals surface area contributed by atoms with Crippen LogP contribution in [0.4, 0.5) is 0 Å². The van der Waals surface area contributed by atoms with Crippen molar-refractivity contribution in [2.75, 3.05) is 7.11 Å². The van der Waals surface area contributed by atoms with Gasteiger partial charge in [0.2, 0.25) is 5.88 Å². The number of aromatic nitrogens is 4. The number of pyridine rings is 2. The molecule has 7 nitrogen and oxygen atoms in total. The number of rotatable bonds is 5. The Kier molecular flexibility index (Phi) is 5.37. The van der Waals surface area contributed by atoms with E-state index in [0.29, 0.717) is 23.0 Å². The molecule has 4 aromatic rings. The van der Waals surface area contributed by atoms with Gasteiger partial charge in [-0.25, -0.2) is 9.78 Å². The van der Waals surface area contributed by atoms with Crippen LogP contribution in [-0.2, 0) is 12.5 Å². The van der Waals surface area contributed by atoms with Gasteiger partial charge in [0.1, 0.15) is 0 Å². The fraction of sp³-hybridized carbons (Fsp3) is 0.200. The average Bonchev–Trinajstić information content (AvgIpc) is 3.13. The van der Waals surface area contributed by atoms with Gasteiger partial charge in [-0.15, -0.1) is 0 Å². The van der Waals surface area contributed by atoms with Gasteiger partial charge < -0.3 is 9.30 Å². The zero-order valence-corrected chi connectivity index (χ0v) is 18.4. The first kappa shape index (κ1) is 21.1. The first-order chi connectivity index (χ1) is 15.3. The van der Waals surface area contributed by atoms with Crippen molar-refractivity contribution in [2.45, 2.75) is 19.3 Å². The fourth-order valence-corrected chi connectivity index (χ4v) is 3.50. The summed E-state index contributed by atoms with van der Waals surface area (Å²) in [7, 11) is 3.29. The minimum Gasteiger partial charge on any atom is -0.481 e. The first-order valence-corrected chi connectivity index (χ1v) is 10.1. The summed E-state index contributed by atoms with van der Waals surface area (Å²) < 4.78 is 8.29. The van der Waals surface area contributed by atoms with Crippen LogP contribution in [0.3, 0.4) is 0 Å². The molecule has 0 radical (unpaired) electrons. The van der Waals surface area contributed by atoms with Crippen molar-refractivity contribution in [3.05, 3.63) is 83.2 Å². The number of hydrogen-bond donors (Lipinski definition) is 0. The zero-order valence-electron chi connectivity index (χ0n) is 18.4. The largest absolute Gasteiger partial charge is 0.481 e. The molecule has 0 amide bonds. The summed E-state index contributed by atoms with van der Waals surface area (Å²) in [6, 6.07) is 17.4. The predicted octanol–water partition coefficient (Wildman–Crippen LogP) is 4.11. The van der Waals surface area contributed by atoms with E-state index in [0.717, 1.165) is 16.7 Å². The highest BCUT2D eigenvalue weighted by Crippen LogP contribution is 2.27. The van der Waals surface area contributed by atoms with Crippen LogP contribution in [-0.4, -0.2) is 26.2 Å². The summed E-state index contributed by atoms with van der Waals surface area (Å²) in [5.74, 6) is 0.544. The number of benzene rings is 1. The van der Waals surface area contributed by atoms with E-state index in [1.165, 1.54) is 4.57 Å². The van der Waals surface area contributed by atoms with Crippen LogP contribution < -0.4 is 10.4 Å². The molecule has 0 fully saturated rings. The number of nitrogens with zero attached hydrogens (tertiary/aromatic N) is 5. The van der Waals surface area contributed by atoms with Gasteiger partial charge in [-0.3, -0.25) is 9.55 Å². The van der Waals surface area contributed by atoms with Crippen molar-refractivity contribution in [3.63, 3.8) is 0 Å². The van der Waals surface area contributed by atoms with E-state index in [-0.39, 0.29) is 5.69 Å². The molecule has 0 saturated carbocycles. The maximum absolute atomic E-state index is 12.9. The molecule has 3 aromatic heterocycles. The van der Waals surface area contributed by atoms with Crippen LogP contribution in [0.1, 0.15) is 19.4 Å². The van der Waals surface area contributed by atoms with Crippen LogP contribution in [0.25, 0.3) is 28.2 Å². The molecule has 0 bridgehead atoms. The molecule has 0 aliphatic rings. The topological polar surface area (TPSA) is 85.7 Å². The van der Waals surface area contributed by atoms with E-state index >= 15 is 0 Å². The lowest BCUT2D eigenvalue weighted by Crippen LogP contribution is -2.21. The smallest absolute Gasteiger partial charge is 0.333 e. The molecule has 0 saturated heterocycles. The van der Waals surface area contributed by atoms with Gasteiger partial charge >= 0.3 is 5.69 Å². The summed E-state index contributed by atoms with van der Waals surface area (Å²) in [4.78, 5) is 21.7. The average molecular weight is 425 g/mol. The summed E-state index contributed by atoms with van der Waals surface area (Å²) in [6.07, 6.45) is 5.23. The normalized spacial score (nSPS) is 11.2. The quantitative estimate of drug-likeness (QED) is 0.480. The second-order valence-electron chi connectivity index (χ2n) is 8.05. The molecule has 7 heteroatoms. The number of aryl methyl sites for hydroxylation is 1. The molecule has 0 aliphatic carbocycles. The van der Waals surface area contributed by atoms with Crippen LogP contribution in [0.2, 0.25) is 0 Å². The molecule has 1 aromatic carbocycles. The molecular weight excluding hydrogens is 402 g/mol. The molecule has 0 N–H and O–H groups in total. The van der Waals surface area contributed by atoms with E-state index in [2.05, 4.69) is 16.0 Å². The van der Waals surface area contributed by atoms with Crippen LogP contribution >= 0.6 is 0 Å². The van der Waals surface area contributed by atoms with Crippen LogP contribution in [0.5, 0.6) is 5.88 Å². The minimum absolute atomic E-state index is 0.175. The van der Waals surface area contributed by atoms with E-state index in [9.17, 15) is 10.1 Å². The second-order valence-corrected chi connectivity index (χ2v) is 8.05. The van der Waals surface area contributed by atoms with E-state index in [1.54, 1.807) is 43.4 Å². The third-order valence-electron chi connectivity index (χ3n) is 5.48. The Morgan fingerprint density at radius 1 is 1.03 bits per heavy atom. The van der Waals surface area contributed by atoms with Crippen molar-refractivity contribution in [1.82, 2.24) is 19.1 Å². The molecule has 0 unspecified atom stereocenters. The molecule has 3 heterocycles. The Morgan fingerprint density at radius 3 is 2.41 bits per heavy atom. The number of hydrogen-bond acceptors (Lipinski definition) is 5. The standard InChI is InChI=1S/C25H23N5O2/c1-25(2,16-26)19-6-8-20(9-7-19)30-22(15-29(3)24(30)31)21-13-17(11-12-27-21)18-5-10-23(32-4)28-14-18/h5-15H,1-4H3. The molecule has 0 atom stereocenters. The monoisotopic (exact) mass is 425 g/mol. The molecule has 160 valence electrons. The molecule has 4 rings (SSSR count). The van der Waals surface area contributed by atoms with Gasteiger partial charge in [0.05, 0.1) is 35.7 Å². The summed E-state index contributed by atoms with van der Waals surface area (Å²) >= 11 is 0. The summed E-state index contributed by atoms with van der Waals surface area (Å²) in [5.41, 5.74) is 4.01. The number of imidazole rings is 1. The highest BCUT2D eigenvalue weighted by molar-refractivity contribution is 5.69. The Hall–Kier alpha value is -4.18. The van der Waals surface area contributed by atoms with Crippen molar-refractivity contribution >= 4 is 0 Å². The predicted molar refractivity (Wildman–Crippen MR) is 123 cm³/mol. The maximum Gasteiger partial charge on any atom is 0.333 e. The van der Waals surface area contributed by atoms with Gasteiger partial charge in [-0.2, -0.15) is 5.26 Å². The van der Waals surface area contributed by atoms with Gasteiger partial charge in [0, 0.05) is 37.3 Å². The lowest BCUT2D eigenvalue weighted by molar-refractivity contribution is 0.398. The molecular formula is C25H23N5O2. The van der Waals surface area contributed by atoms with E-state index < -0.39 is 5.41 Å². The van der Waals surface area contributed by atoms with Gasteiger partial charge in [-0.05, 0) is 55.3 Å². The van der Waals surface area contributed by atoms with Crippen molar-refractivity contribution in [1.29, 1.82) is 5.26 Å². The fourth-order valence-electron chi connectivity index (χ4n) is 3.50. The summed E-state index contributed by atoms with van der Waals surface area (Å²) in [6.45, 7) is 3.73. The Morgan fingerprint density at radius 2 is 1.78 bits per heavy atom. The molecule has 0 aliphatic heterocycles. The van der Waals surface area contributed by atoms with Crippen molar-refractivity contribution in [2.24, 2.45) is 7.05 Å². The highest BCUT2D eigenvalue weighted by atomic mass is 16.5. The van der Waals surface area contributed by atoms with Gasteiger partial charge in [0.25, 0.3) is 0 Å². The van der Waals surface area contributed by atoms with Crippen LogP contribution in [0, 0.1) is 11.3 Å². The highest BCUT2D eigenvalue weighted by Gasteiger charge is 2.20. The number of nitriles is 1. The molecule has 0 spiro atoms. The lowest BCUT2D eigenvalue weighted by Gasteiger charge is -2.16. The summed E-state index contributed by atoms with van der Waals surface area (Å²) in [5, 5.41) is 9.40. The van der Waals surface area contributed by atoms with Gasteiger partial charge in [-0.1, -0.05) is 12.1 Å². The minimum atomic E-state index is -0.606. The third-order valence-corrected chi connectivity index (χ3v) is 5.48. The SMILES string of the molecule is COc1ccc(-c2ccnc(-c3cn(C)c(=O)n3-c3ccc(C(C)(C)C#N)cc3)c2)cn1. The van der Waals surface area contributed by atoms with Crippen molar-refractivity contribution in [3.8, 4) is 40.2 Å². The zero-order chi connectivity index (χ0) is 22.9. The van der Waals surface area contributed by atoms with Crippen LogP contribution in [0.15, 0.2) is 71.9 Å². The Balaban J connectivity index is 1.79.